The van der Waals surface area contributed by atoms with Gasteiger partial charge in [0.05, 0.1) is 12.0 Å². The van der Waals surface area contributed by atoms with Gasteiger partial charge in [0, 0.05) is 18.8 Å². The van der Waals surface area contributed by atoms with Crippen molar-refractivity contribution < 1.29 is 0 Å². The minimum Gasteiger partial charge on any atom is -0.330 e. The number of nitrogens with one attached hydrogen (secondary N) is 1. The number of piperidine rings is 1. The van der Waals surface area contributed by atoms with Crippen LogP contribution >= 0.6 is 0 Å². The number of hydrogen-bond donors (Lipinski definition) is 1. The van der Waals surface area contributed by atoms with E-state index in [1.165, 1.54) is 51.0 Å². The first-order valence-electron chi connectivity index (χ1n) is 7.80. The maximum absolute atomic E-state index is 4.29. The first-order valence-corrected chi connectivity index (χ1v) is 7.80. The minimum atomic E-state index is 0.743. The highest BCUT2D eigenvalue weighted by molar-refractivity contribution is 5.03. The van der Waals surface area contributed by atoms with E-state index < -0.39 is 0 Å². The molecule has 0 unspecified atom stereocenters. The van der Waals surface area contributed by atoms with Crippen molar-refractivity contribution in [1.82, 2.24) is 19.8 Å². The van der Waals surface area contributed by atoms with Crippen LogP contribution < -0.4 is 5.32 Å². The summed E-state index contributed by atoms with van der Waals surface area (Å²) < 4.78 is 2.35. The molecule has 4 nitrogen and oxygen atoms in total. The average Bonchev–Trinajstić information content (AvgIpc) is 3.19. The second kappa shape index (κ2) is 6.06. The molecule has 2 fully saturated rings. The number of nitrogens with zero attached hydrogens (tertiary/aromatic N) is 3. The Morgan fingerprint density at radius 2 is 2.05 bits per heavy atom. The SMILES string of the molecule is CCN1CCC(CNCc2cncn2C2CC2)CC1. The zero-order valence-corrected chi connectivity index (χ0v) is 12.0. The minimum absolute atomic E-state index is 0.743. The van der Waals surface area contributed by atoms with Crippen LogP contribution in [0.2, 0.25) is 0 Å². The van der Waals surface area contributed by atoms with Gasteiger partial charge >= 0.3 is 0 Å². The zero-order chi connectivity index (χ0) is 13.1. The molecule has 1 aliphatic heterocycles. The van der Waals surface area contributed by atoms with Crippen molar-refractivity contribution in [3.8, 4) is 0 Å². The van der Waals surface area contributed by atoms with Gasteiger partial charge in [-0.1, -0.05) is 6.92 Å². The smallest absolute Gasteiger partial charge is 0.0951 e. The third-order valence-electron chi connectivity index (χ3n) is 4.58. The highest BCUT2D eigenvalue weighted by Gasteiger charge is 2.25. The topological polar surface area (TPSA) is 33.1 Å². The van der Waals surface area contributed by atoms with Crippen LogP contribution in [0.4, 0.5) is 0 Å². The average molecular weight is 262 g/mol. The van der Waals surface area contributed by atoms with E-state index in [-0.39, 0.29) is 0 Å². The van der Waals surface area contributed by atoms with Gasteiger partial charge in [-0.2, -0.15) is 0 Å². The molecule has 19 heavy (non-hydrogen) atoms. The second-order valence-corrected chi connectivity index (χ2v) is 6.03. The molecule has 1 N–H and O–H groups in total. The molecule has 0 atom stereocenters. The summed E-state index contributed by atoms with van der Waals surface area (Å²) in [5.41, 5.74) is 1.36. The van der Waals surface area contributed by atoms with E-state index in [4.69, 9.17) is 0 Å². The summed E-state index contributed by atoms with van der Waals surface area (Å²) in [7, 11) is 0. The fraction of sp³-hybridized carbons (Fsp3) is 0.800. The lowest BCUT2D eigenvalue weighted by Gasteiger charge is -2.31. The molecule has 1 saturated heterocycles. The Hall–Kier alpha value is -0.870. The van der Waals surface area contributed by atoms with E-state index in [1.807, 2.05) is 12.5 Å². The summed E-state index contributed by atoms with van der Waals surface area (Å²) in [6.45, 7) is 8.17. The number of hydrogen-bond acceptors (Lipinski definition) is 3. The summed E-state index contributed by atoms with van der Waals surface area (Å²) >= 11 is 0. The molecule has 0 aromatic carbocycles. The lowest BCUT2D eigenvalue weighted by atomic mass is 9.97. The molecular formula is C15H26N4. The van der Waals surface area contributed by atoms with Gasteiger partial charge in [0.2, 0.25) is 0 Å². The highest BCUT2D eigenvalue weighted by atomic mass is 15.1. The number of likely N-dealkylation sites (tertiary alicyclic amines) is 1. The molecule has 1 saturated carbocycles. The van der Waals surface area contributed by atoms with E-state index in [0.29, 0.717) is 0 Å². The monoisotopic (exact) mass is 262 g/mol. The molecule has 1 aromatic heterocycles. The van der Waals surface area contributed by atoms with Crippen LogP contribution in [-0.4, -0.2) is 40.6 Å². The Morgan fingerprint density at radius 3 is 2.74 bits per heavy atom. The largest absolute Gasteiger partial charge is 0.330 e. The van der Waals surface area contributed by atoms with Crippen LogP contribution in [0.1, 0.15) is 44.3 Å². The van der Waals surface area contributed by atoms with E-state index in [9.17, 15) is 0 Å². The van der Waals surface area contributed by atoms with Crippen LogP contribution in [0, 0.1) is 5.92 Å². The Labute approximate surface area is 116 Å². The summed E-state index contributed by atoms with van der Waals surface area (Å²) in [4.78, 5) is 6.84. The van der Waals surface area contributed by atoms with Gasteiger partial charge in [-0.25, -0.2) is 4.98 Å². The van der Waals surface area contributed by atoms with Gasteiger partial charge in [-0.3, -0.25) is 0 Å². The highest BCUT2D eigenvalue weighted by Crippen LogP contribution is 2.35. The van der Waals surface area contributed by atoms with Crippen LogP contribution in [-0.2, 0) is 6.54 Å². The molecule has 0 spiro atoms. The third-order valence-corrected chi connectivity index (χ3v) is 4.58. The number of aromatic nitrogens is 2. The molecule has 2 aliphatic rings. The van der Waals surface area contributed by atoms with Crippen molar-refractivity contribution in [2.24, 2.45) is 5.92 Å². The van der Waals surface area contributed by atoms with Crippen molar-refractivity contribution in [2.75, 3.05) is 26.2 Å². The molecule has 2 heterocycles. The molecular weight excluding hydrogens is 236 g/mol. The van der Waals surface area contributed by atoms with Gasteiger partial charge in [0.1, 0.15) is 0 Å². The lowest BCUT2D eigenvalue weighted by molar-refractivity contribution is 0.190. The summed E-state index contributed by atoms with van der Waals surface area (Å²) in [6.07, 6.45) is 9.38. The second-order valence-electron chi connectivity index (χ2n) is 6.03. The van der Waals surface area contributed by atoms with Gasteiger partial charge in [0.15, 0.2) is 0 Å². The van der Waals surface area contributed by atoms with E-state index in [0.717, 1.165) is 25.0 Å². The maximum atomic E-state index is 4.29. The molecule has 0 bridgehead atoms. The van der Waals surface area contributed by atoms with Crippen LogP contribution in [0.25, 0.3) is 0 Å². The Morgan fingerprint density at radius 1 is 1.26 bits per heavy atom. The van der Waals surface area contributed by atoms with Crippen LogP contribution in [0.15, 0.2) is 12.5 Å². The van der Waals surface area contributed by atoms with E-state index >= 15 is 0 Å². The molecule has 0 amide bonds. The fourth-order valence-corrected chi connectivity index (χ4v) is 3.06. The number of rotatable bonds is 6. The Bertz CT molecular complexity index is 389. The van der Waals surface area contributed by atoms with Crippen LogP contribution in [0.5, 0.6) is 0 Å². The summed E-state index contributed by atoms with van der Waals surface area (Å²) in [6, 6.07) is 0.743. The molecule has 1 aromatic rings. The maximum Gasteiger partial charge on any atom is 0.0951 e. The van der Waals surface area contributed by atoms with Crippen molar-refractivity contribution in [3.63, 3.8) is 0 Å². The number of imidazole rings is 1. The fourth-order valence-electron chi connectivity index (χ4n) is 3.06. The van der Waals surface area contributed by atoms with Crippen LogP contribution in [0.3, 0.4) is 0 Å². The first-order chi connectivity index (χ1) is 9.36. The molecule has 1 aliphatic carbocycles. The lowest BCUT2D eigenvalue weighted by Crippen LogP contribution is -2.37. The van der Waals surface area contributed by atoms with Crippen molar-refractivity contribution in [3.05, 3.63) is 18.2 Å². The van der Waals surface area contributed by atoms with Gasteiger partial charge < -0.3 is 14.8 Å². The first kappa shape index (κ1) is 13.1. The standard InChI is InChI=1S/C15H26N4/c1-2-18-7-5-13(6-8-18)9-16-10-15-11-17-12-19(15)14-3-4-14/h11-14,16H,2-10H2,1H3. The van der Waals surface area contributed by atoms with Gasteiger partial charge in [-0.05, 0) is 57.8 Å². The van der Waals surface area contributed by atoms with Crippen molar-refractivity contribution in [2.45, 2.75) is 45.2 Å². The van der Waals surface area contributed by atoms with Gasteiger partial charge in [0.25, 0.3) is 0 Å². The molecule has 4 heteroatoms. The normalized spacial score (nSPS) is 21.9. The molecule has 3 rings (SSSR count). The zero-order valence-electron chi connectivity index (χ0n) is 12.0. The predicted octanol–water partition coefficient (Wildman–Crippen LogP) is 2.04. The molecule has 106 valence electrons. The quantitative estimate of drug-likeness (QED) is 0.851. The third kappa shape index (κ3) is 3.37. The van der Waals surface area contributed by atoms with E-state index in [1.54, 1.807) is 0 Å². The van der Waals surface area contributed by atoms with E-state index in [2.05, 4.69) is 26.7 Å². The van der Waals surface area contributed by atoms with Crippen molar-refractivity contribution in [1.29, 1.82) is 0 Å². The van der Waals surface area contributed by atoms with Crippen molar-refractivity contribution >= 4 is 0 Å². The predicted molar refractivity (Wildman–Crippen MR) is 77.0 cm³/mol. The summed E-state index contributed by atoms with van der Waals surface area (Å²) in [5.74, 6) is 0.861. The molecule has 0 radical (unpaired) electrons. The van der Waals surface area contributed by atoms with Gasteiger partial charge in [-0.15, -0.1) is 0 Å². The Balaban J connectivity index is 1.40. The summed E-state index contributed by atoms with van der Waals surface area (Å²) in [5, 5.41) is 3.63. The Kier molecular flexibility index (Phi) is 4.18.